The van der Waals surface area contributed by atoms with Crippen molar-refractivity contribution in [2.45, 2.75) is 24.9 Å². The standard InChI is InChI=1S/C22H21BrN4O3/c23-14-5-6-19-16(9-14)12(10-26-19)7-17(24)21(28)27-20(22(29)30)8-13-11-25-18-4-2-1-3-15(13)18/h1-6,9-11,17,20,25-26H,7-8,24H2,(H,27,28)(H,29,30)/t17-,20+/m1/s1. The maximum absolute atomic E-state index is 12.7. The number of nitrogens with two attached hydrogens (primary N) is 1. The quantitative estimate of drug-likeness (QED) is 0.285. The van der Waals surface area contributed by atoms with Gasteiger partial charge in [0, 0.05) is 45.1 Å². The third-order valence-corrected chi connectivity index (χ3v) is 5.71. The molecular weight excluding hydrogens is 448 g/mol. The van der Waals surface area contributed by atoms with Crippen LogP contribution in [0.1, 0.15) is 11.1 Å². The molecule has 0 saturated carbocycles. The van der Waals surface area contributed by atoms with Gasteiger partial charge in [-0.2, -0.15) is 0 Å². The first-order valence-electron chi connectivity index (χ1n) is 9.51. The molecule has 0 aliphatic rings. The zero-order valence-corrected chi connectivity index (χ0v) is 17.6. The number of rotatable bonds is 7. The summed E-state index contributed by atoms with van der Waals surface area (Å²) < 4.78 is 0.929. The first-order valence-corrected chi connectivity index (χ1v) is 10.3. The van der Waals surface area contributed by atoms with Crippen LogP contribution in [0.5, 0.6) is 0 Å². The lowest BCUT2D eigenvalue weighted by molar-refractivity contribution is -0.141. The number of aromatic amines is 2. The summed E-state index contributed by atoms with van der Waals surface area (Å²) in [6.07, 6.45) is 4.06. The molecule has 0 radical (unpaired) electrons. The molecule has 6 N–H and O–H groups in total. The molecule has 7 nitrogen and oxygen atoms in total. The van der Waals surface area contributed by atoms with E-state index in [-0.39, 0.29) is 6.42 Å². The van der Waals surface area contributed by atoms with E-state index in [1.165, 1.54) is 0 Å². The van der Waals surface area contributed by atoms with Gasteiger partial charge in [0.05, 0.1) is 6.04 Å². The van der Waals surface area contributed by atoms with Crippen molar-refractivity contribution in [3.05, 3.63) is 70.5 Å². The SMILES string of the molecule is N[C@H](Cc1c[nH]c2ccc(Br)cc12)C(=O)N[C@@H](Cc1c[nH]c2ccccc12)C(=O)O. The minimum Gasteiger partial charge on any atom is -0.480 e. The molecule has 2 aromatic heterocycles. The summed E-state index contributed by atoms with van der Waals surface area (Å²) in [5.41, 5.74) is 9.71. The highest BCUT2D eigenvalue weighted by atomic mass is 79.9. The van der Waals surface area contributed by atoms with E-state index >= 15 is 0 Å². The Morgan fingerprint density at radius 3 is 2.40 bits per heavy atom. The van der Waals surface area contributed by atoms with Gasteiger partial charge in [-0.3, -0.25) is 4.79 Å². The molecule has 0 fully saturated rings. The monoisotopic (exact) mass is 468 g/mol. The topological polar surface area (TPSA) is 124 Å². The number of hydrogen-bond acceptors (Lipinski definition) is 3. The van der Waals surface area contributed by atoms with Gasteiger partial charge < -0.3 is 26.1 Å². The number of H-pyrrole nitrogens is 2. The third kappa shape index (κ3) is 4.10. The zero-order valence-electron chi connectivity index (χ0n) is 16.0. The Labute approximate surface area is 180 Å². The van der Waals surface area contributed by atoms with Crippen LogP contribution in [-0.4, -0.2) is 39.0 Å². The minimum atomic E-state index is -1.10. The first kappa shape index (κ1) is 20.2. The molecule has 8 heteroatoms. The maximum atomic E-state index is 12.7. The smallest absolute Gasteiger partial charge is 0.326 e. The largest absolute Gasteiger partial charge is 0.480 e. The van der Waals surface area contributed by atoms with E-state index in [1.54, 1.807) is 6.20 Å². The fourth-order valence-corrected chi connectivity index (χ4v) is 4.01. The second-order valence-corrected chi connectivity index (χ2v) is 8.19. The predicted molar refractivity (Wildman–Crippen MR) is 119 cm³/mol. The van der Waals surface area contributed by atoms with E-state index in [4.69, 9.17) is 5.73 Å². The number of para-hydroxylation sites is 1. The van der Waals surface area contributed by atoms with Gasteiger partial charge in [-0.15, -0.1) is 0 Å². The van der Waals surface area contributed by atoms with Gasteiger partial charge in [-0.1, -0.05) is 34.1 Å². The summed E-state index contributed by atoms with van der Waals surface area (Å²) in [6.45, 7) is 0. The molecule has 2 aromatic carbocycles. The summed E-state index contributed by atoms with van der Waals surface area (Å²) in [7, 11) is 0. The van der Waals surface area contributed by atoms with Crippen LogP contribution in [0.25, 0.3) is 21.8 Å². The number of hydrogen-bond donors (Lipinski definition) is 5. The fraction of sp³-hybridized carbons (Fsp3) is 0.182. The molecule has 0 unspecified atom stereocenters. The van der Waals surface area contributed by atoms with Crippen molar-refractivity contribution in [1.29, 1.82) is 0 Å². The Bertz CT molecular complexity index is 1230. The van der Waals surface area contributed by atoms with Crippen LogP contribution in [-0.2, 0) is 22.4 Å². The summed E-state index contributed by atoms with van der Waals surface area (Å²) in [4.78, 5) is 30.7. The summed E-state index contributed by atoms with van der Waals surface area (Å²) in [5, 5.41) is 14.1. The van der Waals surface area contributed by atoms with Crippen LogP contribution in [0.15, 0.2) is 59.3 Å². The van der Waals surface area contributed by atoms with Gasteiger partial charge in [0.1, 0.15) is 6.04 Å². The van der Waals surface area contributed by atoms with Crippen LogP contribution in [0.2, 0.25) is 0 Å². The lowest BCUT2D eigenvalue weighted by Gasteiger charge is -2.17. The van der Waals surface area contributed by atoms with E-state index in [9.17, 15) is 14.7 Å². The number of aromatic nitrogens is 2. The number of carbonyl (C=O) groups is 2. The van der Waals surface area contributed by atoms with Crippen molar-refractivity contribution < 1.29 is 14.7 Å². The lowest BCUT2D eigenvalue weighted by Crippen LogP contribution is -2.50. The molecule has 0 aliphatic heterocycles. The average molecular weight is 469 g/mol. The Morgan fingerprint density at radius 1 is 1.00 bits per heavy atom. The summed E-state index contributed by atoms with van der Waals surface area (Å²) >= 11 is 3.45. The number of halogens is 1. The van der Waals surface area contributed by atoms with Gasteiger partial charge >= 0.3 is 5.97 Å². The normalized spacial score (nSPS) is 13.4. The lowest BCUT2D eigenvalue weighted by atomic mass is 10.0. The first-order chi connectivity index (χ1) is 14.4. The van der Waals surface area contributed by atoms with Crippen molar-refractivity contribution in [1.82, 2.24) is 15.3 Å². The number of benzene rings is 2. The maximum Gasteiger partial charge on any atom is 0.326 e. The van der Waals surface area contributed by atoms with Crippen LogP contribution in [0, 0.1) is 0 Å². The molecule has 1 amide bonds. The number of nitrogens with one attached hydrogen (secondary N) is 3. The van der Waals surface area contributed by atoms with Crippen LogP contribution in [0.4, 0.5) is 0 Å². The van der Waals surface area contributed by atoms with Crippen LogP contribution < -0.4 is 11.1 Å². The second kappa shape index (κ2) is 8.33. The van der Waals surface area contributed by atoms with Crippen molar-refractivity contribution in [3.8, 4) is 0 Å². The molecule has 30 heavy (non-hydrogen) atoms. The number of fused-ring (bicyclic) bond motifs is 2. The summed E-state index contributed by atoms with van der Waals surface area (Å²) in [6, 6.07) is 11.5. The fourth-order valence-electron chi connectivity index (χ4n) is 3.65. The number of amides is 1. The van der Waals surface area contributed by atoms with Crippen LogP contribution in [0.3, 0.4) is 0 Å². The molecule has 4 rings (SSSR count). The summed E-state index contributed by atoms with van der Waals surface area (Å²) in [5.74, 6) is -1.59. The number of carbonyl (C=O) groups excluding carboxylic acids is 1. The molecule has 2 heterocycles. The average Bonchev–Trinajstić information content (AvgIpc) is 3.31. The number of aliphatic carboxylic acids is 1. The minimum absolute atomic E-state index is 0.165. The van der Waals surface area contributed by atoms with Gasteiger partial charge in [0.15, 0.2) is 0 Å². The van der Waals surface area contributed by atoms with E-state index in [2.05, 4.69) is 31.2 Å². The number of carboxylic acid groups (broad SMARTS) is 1. The van der Waals surface area contributed by atoms with Gasteiger partial charge in [0.25, 0.3) is 0 Å². The Hall–Kier alpha value is -3.10. The molecule has 154 valence electrons. The molecule has 0 saturated heterocycles. The molecule has 0 bridgehead atoms. The van der Waals surface area contributed by atoms with Crippen molar-refractivity contribution >= 4 is 49.6 Å². The number of carboxylic acids is 1. The Kier molecular flexibility index (Phi) is 5.61. The van der Waals surface area contributed by atoms with E-state index in [0.29, 0.717) is 6.42 Å². The zero-order chi connectivity index (χ0) is 21.3. The van der Waals surface area contributed by atoms with Gasteiger partial charge in [-0.05, 0) is 41.8 Å². The molecule has 0 spiro atoms. The van der Waals surface area contributed by atoms with Gasteiger partial charge in [-0.25, -0.2) is 4.79 Å². The molecular formula is C22H21BrN4O3. The van der Waals surface area contributed by atoms with E-state index in [1.807, 2.05) is 48.7 Å². The molecule has 0 aliphatic carbocycles. The third-order valence-electron chi connectivity index (χ3n) is 5.22. The van der Waals surface area contributed by atoms with Crippen molar-refractivity contribution in [2.24, 2.45) is 5.73 Å². The second-order valence-electron chi connectivity index (χ2n) is 7.28. The highest BCUT2D eigenvalue weighted by Crippen LogP contribution is 2.24. The molecule has 4 aromatic rings. The van der Waals surface area contributed by atoms with Crippen LogP contribution >= 0.6 is 15.9 Å². The Morgan fingerprint density at radius 2 is 1.67 bits per heavy atom. The van der Waals surface area contributed by atoms with Crippen molar-refractivity contribution in [2.75, 3.05) is 0 Å². The van der Waals surface area contributed by atoms with E-state index < -0.39 is 24.0 Å². The highest BCUT2D eigenvalue weighted by molar-refractivity contribution is 9.10. The highest BCUT2D eigenvalue weighted by Gasteiger charge is 2.25. The Balaban J connectivity index is 1.47. The van der Waals surface area contributed by atoms with E-state index in [0.717, 1.165) is 37.4 Å². The molecule has 2 atom stereocenters. The van der Waals surface area contributed by atoms with Gasteiger partial charge in [0.2, 0.25) is 5.91 Å². The predicted octanol–water partition coefficient (Wildman–Crippen LogP) is 3.09. The van der Waals surface area contributed by atoms with Crippen molar-refractivity contribution in [3.63, 3.8) is 0 Å².